The fraction of sp³-hybridized carbons (Fsp3) is 0.438. The molecule has 0 bridgehead atoms. The Morgan fingerprint density at radius 2 is 2.21 bits per heavy atom. The second-order valence-corrected chi connectivity index (χ2v) is 6.63. The third kappa shape index (κ3) is 3.99. The van der Waals surface area contributed by atoms with E-state index >= 15 is 0 Å². The summed E-state index contributed by atoms with van der Waals surface area (Å²) >= 11 is 11.8. The molecule has 24 heavy (non-hydrogen) atoms. The number of carbonyl (C=O) groups excluding carboxylic acids is 1. The molecular formula is C16H17Cl2N3O3. The summed E-state index contributed by atoms with van der Waals surface area (Å²) in [4.78, 5) is 18.0. The van der Waals surface area contributed by atoms with E-state index in [1.165, 1.54) is 11.3 Å². The normalized spacial score (nSPS) is 14.3. The number of carbonyl (C=O) groups is 1. The number of ether oxygens (including phenoxy) is 1. The van der Waals surface area contributed by atoms with Crippen LogP contribution in [0, 0.1) is 0 Å². The highest BCUT2D eigenvalue weighted by atomic mass is 35.5. The highest BCUT2D eigenvalue weighted by molar-refractivity contribution is 6.35. The standard InChI is InChI=1S/C16H17Cl2N3O3/c1-21(8-14-19-16(24-20-14)10-3-2-4-10)15(22)9-23-13-6-5-11(17)7-12(13)18/h5-7,10H,2-4,8-9H2,1H3. The van der Waals surface area contributed by atoms with Crippen LogP contribution in [0.2, 0.25) is 10.0 Å². The molecule has 2 aromatic rings. The molecule has 0 atom stereocenters. The highest BCUT2D eigenvalue weighted by Gasteiger charge is 2.25. The summed E-state index contributed by atoms with van der Waals surface area (Å²) < 4.78 is 10.7. The minimum absolute atomic E-state index is 0.134. The molecule has 3 rings (SSSR count). The van der Waals surface area contributed by atoms with E-state index in [0.717, 1.165) is 12.8 Å². The molecule has 1 aliphatic carbocycles. The Bertz CT molecular complexity index is 731. The zero-order valence-corrected chi connectivity index (χ0v) is 14.7. The lowest BCUT2D eigenvalue weighted by Gasteiger charge is -2.20. The monoisotopic (exact) mass is 369 g/mol. The summed E-state index contributed by atoms with van der Waals surface area (Å²) in [7, 11) is 1.66. The molecular weight excluding hydrogens is 353 g/mol. The van der Waals surface area contributed by atoms with Gasteiger partial charge in [0, 0.05) is 18.0 Å². The number of hydrogen-bond donors (Lipinski definition) is 0. The summed E-state index contributed by atoms with van der Waals surface area (Å²) in [6.45, 7) is 0.137. The van der Waals surface area contributed by atoms with Gasteiger partial charge in [-0.15, -0.1) is 0 Å². The van der Waals surface area contributed by atoms with E-state index in [9.17, 15) is 4.79 Å². The van der Waals surface area contributed by atoms with Gasteiger partial charge >= 0.3 is 0 Å². The third-order valence-corrected chi connectivity index (χ3v) is 4.52. The van der Waals surface area contributed by atoms with Gasteiger partial charge in [-0.2, -0.15) is 4.98 Å². The van der Waals surface area contributed by atoms with Crippen LogP contribution in [0.5, 0.6) is 5.75 Å². The molecule has 1 amide bonds. The van der Waals surface area contributed by atoms with Crippen LogP contribution in [0.15, 0.2) is 22.7 Å². The van der Waals surface area contributed by atoms with Crippen LogP contribution < -0.4 is 4.74 Å². The number of halogens is 2. The molecule has 0 N–H and O–H groups in total. The van der Waals surface area contributed by atoms with E-state index in [0.29, 0.717) is 33.4 Å². The minimum Gasteiger partial charge on any atom is -0.482 e. The van der Waals surface area contributed by atoms with Crippen LogP contribution in [0.25, 0.3) is 0 Å². The number of likely N-dealkylation sites (N-methyl/N-ethyl adjacent to an activating group) is 1. The van der Waals surface area contributed by atoms with Gasteiger partial charge in [0.1, 0.15) is 5.75 Å². The number of benzene rings is 1. The molecule has 0 unspecified atom stereocenters. The summed E-state index contributed by atoms with van der Waals surface area (Å²) in [6.07, 6.45) is 3.38. The molecule has 1 aromatic heterocycles. The van der Waals surface area contributed by atoms with Crippen molar-refractivity contribution >= 4 is 29.1 Å². The van der Waals surface area contributed by atoms with Gasteiger partial charge in [-0.05, 0) is 31.0 Å². The first-order valence-corrected chi connectivity index (χ1v) is 8.43. The number of amides is 1. The van der Waals surface area contributed by atoms with Crippen molar-refractivity contribution in [2.45, 2.75) is 31.7 Å². The lowest BCUT2D eigenvalue weighted by molar-refractivity contribution is -0.132. The van der Waals surface area contributed by atoms with E-state index in [-0.39, 0.29) is 19.1 Å². The van der Waals surface area contributed by atoms with Gasteiger partial charge in [0.2, 0.25) is 5.89 Å². The van der Waals surface area contributed by atoms with E-state index in [1.54, 1.807) is 25.2 Å². The molecule has 1 heterocycles. The molecule has 8 heteroatoms. The number of nitrogens with zero attached hydrogens (tertiary/aromatic N) is 3. The summed E-state index contributed by atoms with van der Waals surface area (Å²) in [5.74, 6) is 1.74. The zero-order valence-electron chi connectivity index (χ0n) is 13.2. The molecule has 0 saturated heterocycles. The molecule has 1 aromatic carbocycles. The van der Waals surface area contributed by atoms with Crippen molar-refractivity contribution in [3.8, 4) is 5.75 Å². The number of hydrogen-bond acceptors (Lipinski definition) is 5. The quantitative estimate of drug-likeness (QED) is 0.776. The number of aromatic nitrogens is 2. The highest BCUT2D eigenvalue weighted by Crippen LogP contribution is 2.35. The average molecular weight is 370 g/mol. The fourth-order valence-electron chi connectivity index (χ4n) is 2.29. The molecule has 1 aliphatic rings. The van der Waals surface area contributed by atoms with Gasteiger partial charge in [0.25, 0.3) is 5.91 Å². The van der Waals surface area contributed by atoms with Gasteiger partial charge in [0.05, 0.1) is 11.6 Å². The van der Waals surface area contributed by atoms with E-state index < -0.39 is 0 Å². The second kappa shape index (κ2) is 7.40. The van der Waals surface area contributed by atoms with Gasteiger partial charge in [-0.25, -0.2) is 0 Å². The Labute approximate surface area is 149 Å². The van der Waals surface area contributed by atoms with Crippen molar-refractivity contribution in [1.82, 2.24) is 15.0 Å². The minimum atomic E-state index is -0.212. The lowest BCUT2D eigenvalue weighted by atomic mass is 9.85. The molecule has 0 spiro atoms. The van der Waals surface area contributed by atoms with Gasteiger partial charge < -0.3 is 14.2 Å². The zero-order chi connectivity index (χ0) is 17.1. The molecule has 0 aliphatic heterocycles. The Kier molecular flexibility index (Phi) is 5.26. The fourth-order valence-corrected chi connectivity index (χ4v) is 2.76. The van der Waals surface area contributed by atoms with Crippen molar-refractivity contribution in [2.24, 2.45) is 0 Å². The van der Waals surface area contributed by atoms with Gasteiger partial charge in [0.15, 0.2) is 12.4 Å². The smallest absolute Gasteiger partial charge is 0.260 e. The number of rotatable bonds is 6. The predicted molar refractivity (Wildman–Crippen MR) is 89.3 cm³/mol. The van der Waals surface area contributed by atoms with Crippen LogP contribution in [0.3, 0.4) is 0 Å². The topological polar surface area (TPSA) is 68.5 Å². The largest absolute Gasteiger partial charge is 0.482 e. The summed E-state index contributed by atoms with van der Waals surface area (Å²) in [5, 5.41) is 4.80. The van der Waals surface area contributed by atoms with Crippen molar-refractivity contribution in [1.29, 1.82) is 0 Å². The molecule has 1 fully saturated rings. The van der Waals surface area contributed by atoms with Crippen LogP contribution in [-0.2, 0) is 11.3 Å². The van der Waals surface area contributed by atoms with Crippen molar-refractivity contribution in [3.63, 3.8) is 0 Å². The third-order valence-electron chi connectivity index (χ3n) is 3.99. The molecule has 0 radical (unpaired) electrons. The SMILES string of the molecule is CN(Cc1noc(C2CCC2)n1)C(=O)COc1ccc(Cl)cc1Cl. The maximum absolute atomic E-state index is 12.2. The summed E-state index contributed by atoms with van der Waals surface area (Å²) in [6, 6.07) is 4.84. The van der Waals surface area contributed by atoms with Gasteiger partial charge in [-0.3, -0.25) is 4.79 Å². The lowest BCUT2D eigenvalue weighted by Crippen LogP contribution is -2.31. The summed E-state index contributed by atoms with van der Waals surface area (Å²) in [5.41, 5.74) is 0. The van der Waals surface area contributed by atoms with Crippen molar-refractivity contribution < 1.29 is 14.1 Å². The van der Waals surface area contributed by atoms with Crippen molar-refractivity contribution in [2.75, 3.05) is 13.7 Å². The van der Waals surface area contributed by atoms with Gasteiger partial charge in [-0.1, -0.05) is 34.8 Å². The Morgan fingerprint density at radius 1 is 1.42 bits per heavy atom. The average Bonchev–Trinajstić information content (AvgIpc) is 2.92. The maximum Gasteiger partial charge on any atom is 0.260 e. The van der Waals surface area contributed by atoms with E-state index in [1.807, 2.05) is 0 Å². The van der Waals surface area contributed by atoms with Crippen molar-refractivity contribution in [3.05, 3.63) is 40.0 Å². The predicted octanol–water partition coefficient (Wildman–Crippen LogP) is 3.68. The van der Waals surface area contributed by atoms with Crippen LogP contribution >= 0.6 is 23.2 Å². The first-order valence-electron chi connectivity index (χ1n) is 7.67. The Morgan fingerprint density at radius 3 is 2.88 bits per heavy atom. The van der Waals surface area contributed by atoms with E-state index in [2.05, 4.69) is 10.1 Å². The van der Waals surface area contributed by atoms with Crippen LogP contribution in [-0.4, -0.2) is 34.6 Å². The Balaban J connectivity index is 1.51. The second-order valence-electron chi connectivity index (χ2n) is 5.79. The first-order chi connectivity index (χ1) is 11.5. The molecule has 1 saturated carbocycles. The first kappa shape index (κ1) is 17.0. The molecule has 128 valence electrons. The maximum atomic E-state index is 12.2. The van der Waals surface area contributed by atoms with Crippen LogP contribution in [0.1, 0.15) is 36.9 Å². The van der Waals surface area contributed by atoms with Crippen LogP contribution in [0.4, 0.5) is 0 Å². The Hall–Kier alpha value is -1.79. The molecule has 6 nitrogen and oxygen atoms in total. The van der Waals surface area contributed by atoms with E-state index in [4.69, 9.17) is 32.5 Å².